The summed E-state index contributed by atoms with van der Waals surface area (Å²) in [5.74, 6) is 0.00939. The minimum absolute atomic E-state index is 0.00786. The van der Waals surface area contributed by atoms with Gasteiger partial charge in [0, 0.05) is 30.3 Å². The zero-order valence-electron chi connectivity index (χ0n) is 17.7. The summed E-state index contributed by atoms with van der Waals surface area (Å²) < 4.78 is 17.4. The van der Waals surface area contributed by atoms with Gasteiger partial charge in [0.1, 0.15) is 0 Å². The molecule has 0 amide bonds. The summed E-state index contributed by atoms with van der Waals surface area (Å²) in [5, 5.41) is 22.3. The molecule has 11 unspecified atom stereocenters. The van der Waals surface area contributed by atoms with Crippen molar-refractivity contribution in [2.75, 3.05) is 14.2 Å². The van der Waals surface area contributed by atoms with E-state index in [1.807, 2.05) is 19.9 Å². The predicted octanol–water partition coefficient (Wildman–Crippen LogP) is 2.13. The maximum Gasteiger partial charge on any atom is 0.203 e. The van der Waals surface area contributed by atoms with Crippen molar-refractivity contribution in [3.8, 4) is 0 Å². The molecule has 1 saturated heterocycles. The van der Waals surface area contributed by atoms with E-state index in [9.17, 15) is 15.0 Å². The zero-order chi connectivity index (χ0) is 20.6. The van der Waals surface area contributed by atoms with Crippen LogP contribution in [0.5, 0.6) is 0 Å². The molecule has 0 aromatic carbocycles. The van der Waals surface area contributed by atoms with Crippen molar-refractivity contribution < 1.29 is 29.2 Å². The fourth-order valence-electron chi connectivity index (χ4n) is 7.51. The van der Waals surface area contributed by atoms with Crippen LogP contribution in [-0.4, -0.2) is 54.8 Å². The summed E-state index contributed by atoms with van der Waals surface area (Å²) >= 11 is 0. The molecule has 4 aliphatic rings. The Hall–Kier alpha value is -0.950. The third-order valence-corrected chi connectivity index (χ3v) is 8.92. The monoisotopic (exact) mass is 394 g/mol. The summed E-state index contributed by atoms with van der Waals surface area (Å²) in [7, 11) is 3.17. The Morgan fingerprint density at radius 2 is 1.79 bits per heavy atom. The van der Waals surface area contributed by atoms with Gasteiger partial charge in [0.05, 0.1) is 25.4 Å². The van der Waals surface area contributed by atoms with Gasteiger partial charge >= 0.3 is 0 Å². The number of Topliss-reactive ketones (excluding diaryl/α,β-unsaturated/α-hetero) is 1. The van der Waals surface area contributed by atoms with Crippen LogP contribution in [0.25, 0.3) is 0 Å². The van der Waals surface area contributed by atoms with Crippen molar-refractivity contribution in [3.63, 3.8) is 0 Å². The largest absolute Gasteiger partial charge is 0.493 e. The summed E-state index contributed by atoms with van der Waals surface area (Å²) in [5.41, 5.74) is -1.24. The van der Waals surface area contributed by atoms with Gasteiger partial charge in [-0.1, -0.05) is 27.7 Å². The highest BCUT2D eigenvalue weighted by Gasteiger charge is 2.72. The lowest BCUT2D eigenvalue weighted by molar-refractivity contribution is -0.329. The minimum atomic E-state index is -0.985. The molecule has 28 heavy (non-hydrogen) atoms. The second-order valence-electron chi connectivity index (χ2n) is 9.86. The van der Waals surface area contributed by atoms with Crippen molar-refractivity contribution in [2.45, 2.75) is 65.1 Å². The molecule has 2 N–H and O–H groups in total. The molecule has 2 saturated carbocycles. The minimum Gasteiger partial charge on any atom is -0.493 e. The smallest absolute Gasteiger partial charge is 0.203 e. The van der Waals surface area contributed by atoms with Gasteiger partial charge in [0.15, 0.2) is 12.0 Å². The third-order valence-electron chi connectivity index (χ3n) is 8.92. The number of carbonyl (C=O) groups excluding carboxylic acids is 1. The second-order valence-corrected chi connectivity index (χ2v) is 9.86. The molecule has 11 atom stereocenters. The lowest BCUT2D eigenvalue weighted by Crippen LogP contribution is -2.73. The molecule has 1 aliphatic heterocycles. The fourth-order valence-corrected chi connectivity index (χ4v) is 7.51. The van der Waals surface area contributed by atoms with Crippen LogP contribution in [0.1, 0.15) is 40.5 Å². The highest BCUT2D eigenvalue weighted by Crippen LogP contribution is 2.68. The highest BCUT2D eigenvalue weighted by molar-refractivity contribution is 5.99. The summed E-state index contributed by atoms with van der Waals surface area (Å²) in [4.78, 5) is 13.6. The zero-order valence-corrected chi connectivity index (χ0v) is 17.7. The Labute approximate surface area is 167 Å². The number of hydrogen-bond donors (Lipinski definition) is 2. The molecular weight excluding hydrogens is 360 g/mol. The molecule has 4 rings (SSSR count). The number of aliphatic hydroxyl groups is 2. The van der Waals surface area contributed by atoms with Gasteiger partial charge in [-0.2, -0.15) is 0 Å². The van der Waals surface area contributed by atoms with E-state index in [0.717, 1.165) is 6.42 Å². The molecule has 0 radical (unpaired) electrons. The van der Waals surface area contributed by atoms with Crippen LogP contribution in [0.4, 0.5) is 0 Å². The first kappa shape index (κ1) is 20.3. The molecule has 0 aromatic rings. The number of methoxy groups -OCH3 is 2. The van der Waals surface area contributed by atoms with E-state index in [1.165, 1.54) is 7.11 Å². The molecule has 158 valence electrons. The van der Waals surface area contributed by atoms with Crippen LogP contribution in [0, 0.1) is 40.4 Å². The summed E-state index contributed by atoms with van der Waals surface area (Å²) in [6, 6.07) is 0. The normalized spacial score (nSPS) is 55.8. The molecule has 0 spiro atoms. The van der Waals surface area contributed by atoms with Crippen molar-refractivity contribution >= 4 is 5.78 Å². The number of fused-ring (bicyclic) bond motifs is 2. The number of ketones is 1. The molecule has 3 aliphatic carbocycles. The van der Waals surface area contributed by atoms with Crippen molar-refractivity contribution in [1.82, 2.24) is 0 Å². The number of hydrogen-bond acceptors (Lipinski definition) is 6. The van der Waals surface area contributed by atoms with Crippen LogP contribution in [0.3, 0.4) is 0 Å². The Morgan fingerprint density at radius 1 is 1.11 bits per heavy atom. The average molecular weight is 395 g/mol. The molecule has 1 heterocycles. The average Bonchev–Trinajstić information content (AvgIpc) is 2.66. The Kier molecular flexibility index (Phi) is 4.74. The van der Waals surface area contributed by atoms with Crippen LogP contribution in [0.2, 0.25) is 0 Å². The van der Waals surface area contributed by atoms with E-state index < -0.39 is 29.0 Å². The van der Waals surface area contributed by atoms with Crippen molar-refractivity contribution in [1.29, 1.82) is 0 Å². The highest BCUT2D eigenvalue weighted by atomic mass is 16.7. The second kappa shape index (κ2) is 6.53. The van der Waals surface area contributed by atoms with Gasteiger partial charge in [-0.05, 0) is 36.2 Å². The topological polar surface area (TPSA) is 85.2 Å². The van der Waals surface area contributed by atoms with E-state index in [1.54, 1.807) is 7.11 Å². The van der Waals surface area contributed by atoms with Gasteiger partial charge in [-0.15, -0.1) is 0 Å². The summed E-state index contributed by atoms with van der Waals surface area (Å²) in [6.07, 6.45) is 0.976. The molecular formula is C22H34O6. The number of carbonyl (C=O) groups is 1. The Morgan fingerprint density at radius 3 is 2.39 bits per heavy atom. The van der Waals surface area contributed by atoms with Crippen LogP contribution >= 0.6 is 0 Å². The Bertz CT molecular complexity index is 691. The number of rotatable bonds is 2. The quantitative estimate of drug-likeness (QED) is 0.746. The summed E-state index contributed by atoms with van der Waals surface area (Å²) in [6.45, 7) is 8.21. The lowest BCUT2D eigenvalue weighted by atomic mass is 9.38. The molecule has 3 fully saturated rings. The van der Waals surface area contributed by atoms with Gasteiger partial charge in [-0.25, -0.2) is 0 Å². The molecule has 6 heteroatoms. The van der Waals surface area contributed by atoms with Crippen molar-refractivity contribution in [3.05, 3.63) is 11.8 Å². The first-order valence-electron chi connectivity index (χ1n) is 10.5. The van der Waals surface area contributed by atoms with Gasteiger partial charge in [0.25, 0.3) is 0 Å². The van der Waals surface area contributed by atoms with E-state index >= 15 is 0 Å². The van der Waals surface area contributed by atoms with Gasteiger partial charge in [0.2, 0.25) is 5.78 Å². The molecule has 6 nitrogen and oxygen atoms in total. The van der Waals surface area contributed by atoms with Crippen molar-refractivity contribution in [2.24, 2.45) is 40.4 Å². The first-order valence-corrected chi connectivity index (χ1v) is 10.5. The third kappa shape index (κ3) is 2.32. The standard InChI is InChI=1S/C22H34O6/c1-10-7-14(26-5)20(25)22(4)12(10)8-15-21(3)13(9-16(27-6)28-15)11(2)17(23)18(24)19(21)22/h7,10-13,15-19,23-24H,8-9H2,1-6H3. The van der Waals surface area contributed by atoms with Gasteiger partial charge in [-0.3, -0.25) is 4.79 Å². The van der Waals surface area contributed by atoms with Crippen LogP contribution in [-0.2, 0) is 19.0 Å². The predicted molar refractivity (Wildman–Crippen MR) is 102 cm³/mol. The van der Waals surface area contributed by atoms with E-state index in [0.29, 0.717) is 12.2 Å². The van der Waals surface area contributed by atoms with Gasteiger partial charge < -0.3 is 24.4 Å². The number of aliphatic hydroxyl groups excluding tert-OH is 2. The maximum atomic E-state index is 13.6. The maximum absolute atomic E-state index is 13.6. The van der Waals surface area contributed by atoms with E-state index in [2.05, 4.69) is 13.8 Å². The number of allylic oxidation sites excluding steroid dienone is 2. The van der Waals surface area contributed by atoms with E-state index in [4.69, 9.17) is 14.2 Å². The lowest BCUT2D eigenvalue weighted by Gasteiger charge is -2.69. The van der Waals surface area contributed by atoms with Crippen LogP contribution < -0.4 is 0 Å². The molecule has 0 aromatic heterocycles. The number of ether oxygens (including phenoxy) is 3. The van der Waals surface area contributed by atoms with E-state index in [-0.39, 0.29) is 41.8 Å². The molecule has 0 bridgehead atoms. The first-order chi connectivity index (χ1) is 13.1. The van der Waals surface area contributed by atoms with Crippen LogP contribution in [0.15, 0.2) is 11.8 Å². The SMILES string of the molecule is COC1=CC(C)C2CC3OC(OC)CC4C(C)C(O)C(O)C(C2(C)C1=O)C34C. The Balaban J connectivity index is 1.90. The fraction of sp³-hybridized carbons (Fsp3) is 0.864.